The number of hydrogen-bond acceptors (Lipinski definition) is 2. The number of nitrogens with zero attached hydrogens (tertiary/aromatic N) is 1. The van der Waals surface area contributed by atoms with E-state index in [0.717, 1.165) is 13.1 Å². The molecule has 0 bridgehead atoms. The highest BCUT2D eigenvalue weighted by molar-refractivity contribution is 5.21. The first kappa shape index (κ1) is 11.2. The Morgan fingerprint density at radius 2 is 2.00 bits per heavy atom. The van der Waals surface area contributed by atoms with E-state index in [1.54, 1.807) is 0 Å². The summed E-state index contributed by atoms with van der Waals surface area (Å²) in [5.74, 6) is 0. The number of benzene rings is 1. The Morgan fingerprint density at radius 1 is 1.24 bits per heavy atom. The van der Waals surface area contributed by atoms with E-state index >= 15 is 0 Å². The summed E-state index contributed by atoms with van der Waals surface area (Å²) in [7, 11) is 0. The highest BCUT2D eigenvalue weighted by Crippen LogP contribution is 2.42. The van der Waals surface area contributed by atoms with Gasteiger partial charge in [-0.1, -0.05) is 30.3 Å². The first-order chi connectivity index (χ1) is 8.30. The smallest absolute Gasteiger partial charge is 0.0478 e. The summed E-state index contributed by atoms with van der Waals surface area (Å²) in [6.07, 6.45) is 4.15. The lowest BCUT2D eigenvalue weighted by Crippen LogP contribution is -2.59. The van der Waals surface area contributed by atoms with E-state index in [2.05, 4.69) is 47.5 Å². The third kappa shape index (κ3) is 2.00. The van der Waals surface area contributed by atoms with Crippen LogP contribution in [0.2, 0.25) is 0 Å². The molecule has 3 rings (SSSR count). The zero-order chi connectivity index (χ0) is 11.7. The molecular weight excluding hydrogens is 208 g/mol. The number of piperazine rings is 1. The first-order valence-electron chi connectivity index (χ1n) is 6.82. The van der Waals surface area contributed by atoms with Gasteiger partial charge >= 0.3 is 0 Å². The fourth-order valence-corrected chi connectivity index (χ4v) is 3.30. The van der Waals surface area contributed by atoms with Crippen LogP contribution in [-0.4, -0.2) is 30.1 Å². The van der Waals surface area contributed by atoms with Gasteiger partial charge in [-0.15, -0.1) is 0 Å². The van der Waals surface area contributed by atoms with Crippen molar-refractivity contribution in [2.75, 3.05) is 19.6 Å². The van der Waals surface area contributed by atoms with Crippen molar-refractivity contribution in [2.45, 2.75) is 37.8 Å². The molecule has 1 heterocycles. The Kier molecular flexibility index (Phi) is 2.93. The maximum absolute atomic E-state index is 3.54. The summed E-state index contributed by atoms with van der Waals surface area (Å²) >= 11 is 0. The summed E-state index contributed by atoms with van der Waals surface area (Å²) in [5.41, 5.74) is 1.93. The maximum Gasteiger partial charge on any atom is 0.0478 e. The fraction of sp³-hybridized carbons (Fsp3) is 0.600. The Morgan fingerprint density at radius 3 is 2.65 bits per heavy atom. The summed E-state index contributed by atoms with van der Waals surface area (Å²) < 4.78 is 0. The van der Waals surface area contributed by atoms with Crippen LogP contribution >= 0.6 is 0 Å². The molecule has 2 heteroatoms. The van der Waals surface area contributed by atoms with Gasteiger partial charge in [-0.2, -0.15) is 0 Å². The molecule has 0 radical (unpaired) electrons. The van der Waals surface area contributed by atoms with Crippen LogP contribution in [0.1, 0.15) is 37.8 Å². The normalized spacial score (nSPS) is 28.6. The number of nitrogens with one attached hydrogen (secondary N) is 1. The third-order valence-electron chi connectivity index (χ3n) is 4.55. The van der Waals surface area contributed by atoms with Crippen LogP contribution in [-0.2, 0) is 0 Å². The van der Waals surface area contributed by atoms with E-state index in [0.29, 0.717) is 11.6 Å². The second kappa shape index (κ2) is 4.43. The molecule has 2 nitrogen and oxygen atoms in total. The zero-order valence-electron chi connectivity index (χ0n) is 10.7. The largest absolute Gasteiger partial charge is 0.314 e. The van der Waals surface area contributed by atoms with Gasteiger partial charge in [-0.25, -0.2) is 0 Å². The van der Waals surface area contributed by atoms with Crippen LogP contribution in [0, 0.1) is 0 Å². The average molecular weight is 230 g/mol. The van der Waals surface area contributed by atoms with Crippen molar-refractivity contribution in [3.63, 3.8) is 0 Å². The van der Waals surface area contributed by atoms with Crippen LogP contribution in [0.3, 0.4) is 0 Å². The minimum absolute atomic E-state index is 0.461. The van der Waals surface area contributed by atoms with Gasteiger partial charge in [-0.3, -0.25) is 4.90 Å². The highest BCUT2D eigenvalue weighted by atomic mass is 15.3. The molecule has 1 saturated heterocycles. The zero-order valence-corrected chi connectivity index (χ0v) is 10.7. The van der Waals surface area contributed by atoms with E-state index in [1.165, 1.54) is 31.4 Å². The monoisotopic (exact) mass is 230 g/mol. The van der Waals surface area contributed by atoms with Crippen LogP contribution in [0.5, 0.6) is 0 Å². The molecule has 1 aromatic rings. The molecule has 1 unspecified atom stereocenters. The lowest BCUT2D eigenvalue weighted by atomic mass is 9.75. The highest BCUT2D eigenvalue weighted by Gasteiger charge is 2.42. The minimum Gasteiger partial charge on any atom is -0.314 e. The summed E-state index contributed by atoms with van der Waals surface area (Å²) in [5, 5.41) is 3.54. The van der Waals surface area contributed by atoms with Crippen molar-refractivity contribution in [3.8, 4) is 0 Å². The van der Waals surface area contributed by atoms with E-state index in [9.17, 15) is 0 Å². The molecular formula is C15H22N2. The predicted molar refractivity (Wildman–Crippen MR) is 71.0 cm³/mol. The third-order valence-corrected chi connectivity index (χ3v) is 4.55. The van der Waals surface area contributed by atoms with E-state index in [1.807, 2.05) is 0 Å². The van der Waals surface area contributed by atoms with E-state index < -0.39 is 0 Å². The first-order valence-corrected chi connectivity index (χ1v) is 6.82. The minimum atomic E-state index is 0.461. The lowest BCUT2D eigenvalue weighted by molar-refractivity contribution is -0.0170. The molecule has 92 valence electrons. The van der Waals surface area contributed by atoms with E-state index in [4.69, 9.17) is 0 Å². The Balaban J connectivity index is 1.85. The fourth-order valence-electron chi connectivity index (χ4n) is 3.30. The van der Waals surface area contributed by atoms with Gasteiger partial charge in [0, 0.05) is 31.2 Å². The molecule has 1 aromatic carbocycles. The number of hydrogen-bond donors (Lipinski definition) is 1. The number of rotatable bonds is 2. The average Bonchev–Trinajstić information content (AvgIpc) is 2.37. The SMILES string of the molecule is CC1(N2CCNCC2c2ccccc2)CCC1. The predicted octanol–water partition coefficient (Wildman–Crippen LogP) is 2.58. The summed E-state index contributed by atoms with van der Waals surface area (Å²) in [6, 6.07) is 11.5. The molecule has 2 fully saturated rings. The Hall–Kier alpha value is -0.860. The van der Waals surface area contributed by atoms with Gasteiger partial charge in [0.2, 0.25) is 0 Å². The standard InChI is InChI=1S/C15H22N2/c1-15(8-5-9-15)17-11-10-16-12-14(17)13-6-3-2-4-7-13/h2-4,6-7,14,16H,5,8-12H2,1H3. The van der Waals surface area contributed by atoms with Crippen LogP contribution < -0.4 is 5.32 Å². The summed E-state index contributed by atoms with van der Waals surface area (Å²) in [6.45, 7) is 5.87. The summed E-state index contributed by atoms with van der Waals surface area (Å²) in [4.78, 5) is 2.74. The molecule has 0 amide bonds. The van der Waals surface area contributed by atoms with Gasteiger partial charge in [0.25, 0.3) is 0 Å². The van der Waals surface area contributed by atoms with Crippen LogP contribution in [0.15, 0.2) is 30.3 Å². The van der Waals surface area contributed by atoms with Crippen molar-refractivity contribution < 1.29 is 0 Å². The topological polar surface area (TPSA) is 15.3 Å². The molecule has 1 saturated carbocycles. The molecule has 2 aliphatic rings. The quantitative estimate of drug-likeness (QED) is 0.840. The molecule has 1 aliphatic heterocycles. The second-order valence-corrected chi connectivity index (χ2v) is 5.67. The molecule has 17 heavy (non-hydrogen) atoms. The Bertz CT molecular complexity index is 370. The van der Waals surface area contributed by atoms with Crippen molar-refractivity contribution in [2.24, 2.45) is 0 Å². The van der Waals surface area contributed by atoms with Crippen molar-refractivity contribution in [1.82, 2.24) is 10.2 Å². The van der Waals surface area contributed by atoms with Crippen molar-refractivity contribution in [3.05, 3.63) is 35.9 Å². The molecule has 0 aromatic heterocycles. The molecule has 1 N–H and O–H groups in total. The Labute approximate surface area is 104 Å². The lowest BCUT2D eigenvalue weighted by Gasteiger charge is -2.53. The molecule has 1 aliphatic carbocycles. The molecule has 0 spiro atoms. The van der Waals surface area contributed by atoms with Crippen molar-refractivity contribution in [1.29, 1.82) is 0 Å². The van der Waals surface area contributed by atoms with Gasteiger partial charge in [-0.05, 0) is 31.7 Å². The van der Waals surface area contributed by atoms with Gasteiger partial charge in [0.1, 0.15) is 0 Å². The van der Waals surface area contributed by atoms with Crippen LogP contribution in [0.25, 0.3) is 0 Å². The van der Waals surface area contributed by atoms with Gasteiger partial charge in [0.15, 0.2) is 0 Å². The van der Waals surface area contributed by atoms with Crippen LogP contribution in [0.4, 0.5) is 0 Å². The molecule has 1 atom stereocenters. The van der Waals surface area contributed by atoms with E-state index in [-0.39, 0.29) is 0 Å². The van der Waals surface area contributed by atoms with Gasteiger partial charge in [0.05, 0.1) is 0 Å². The van der Waals surface area contributed by atoms with Crippen molar-refractivity contribution >= 4 is 0 Å². The van der Waals surface area contributed by atoms with Gasteiger partial charge < -0.3 is 5.32 Å². The maximum atomic E-state index is 3.54. The second-order valence-electron chi connectivity index (χ2n) is 5.67.